The minimum atomic E-state index is -0.222. The molecule has 0 radical (unpaired) electrons. The summed E-state index contributed by atoms with van der Waals surface area (Å²) in [6.45, 7) is 5.97. The van der Waals surface area contributed by atoms with Crippen LogP contribution in [0.5, 0.6) is 0 Å². The fourth-order valence-corrected chi connectivity index (χ4v) is 4.53. The molecule has 4 rings (SSSR count). The minimum absolute atomic E-state index is 0.195. The number of carbonyl (C=O) groups is 1. The fourth-order valence-electron chi connectivity index (χ4n) is 4.53. The van der Waals surface area contributed by atoms with Gasteiger partial charge in [0, 0.05) is 5.54 Å². The molecule has 102 valence electrons. The van der Waals surface area contributed by atoms with Crippen LogP contribution in [0.25, 0.3) is 0 Å². The van der Waals surface area contributed by atoms with E-state index >= 15 is 0 Å². The average Bonchev–Trinajstić information content (AvgIpc) is 2.19. The average molecular weight is 251 g/mol. The van der Waals surface area contributed by atoms with Gasteiger partial charge in [0.05, 0.1) is 0 Å². The molecule has 4 aliphatic carbocycles. The van der Waals surface area contributed by atoms with E-state index in [1.807, 2.05) is 20.8 Å². The minimum Gasteiger partial charge on any atom is -0.446 e. The lowest BCUT2D eigenvalue weighted by Gasteiger charge is -2.53. The molecule has 4 fully saturated rings. The molecular formula is C15H25NO2. The molecule has 4 aliphatic rings. The number of hydrogen-bond acceptors (Lipinski definition) is 2. The Hall–Kier alpha value is -0.730. The lowest BCUT2D eigenvalue weighted by Crippen LogP contribution is -2.52. The Morgan fingerprint density at radius 1 is 1.00 bits per heavy atom. The number of carbonyl (C=O) groups excluding carboxylic acids is 1. The Balaban J connectivity index is 1.62. The zero-order valence-electron chi connectivity index (χ0n) is 11.7. The van der Waals surface area contributed by atoms with Crippen LogP contribution in [0.2, 0.25) is 0 Å². The van der Waals surface area contributed by atoms with Gasteiger partial charge in [0.2, 0.25) is 0 Å². The van der Waals surface area contributed by atoms with E-state index in [1.165, 1.54) is 32.1 Å². The largest absolute Gasteiger partial charge is 0.446 e. The molecule has 0 aromatic carbocycles. The lowest BCUT2D eigenvalue weighted by molar-refractivity contribution is -0.0969. The predicted molar refractivity (Wildman–Crippen MR) is 70.2 cm³/mol. The van der Waals surface area contributed by atoms with Gasteiger partial charge in [-0.1, -0.05) is 0 Å². The second-order valence-electron chi connectivity index (χ2n) is 7.68. The zero-order valence-corrected chi connectivity index (χ0v) is 11.7. The number of amides is 1. The molecule has 4 bridgehead atoms. The van der Waals surface area contributed by atoms with Crippen LogP contribution in [0.4, 0.5) is 4.79 Å². The molecule has 0 unspecified atom stereocenters. The van der Waals surface area contributed by atoms with Crippen LogP contribution in [0.3, 0.4) is 0 Å². The van der Waals surface area contributed by atoms with E-state index < -0.39 is 0 Å². The highest BCUT2D eigenvalue weighted by molar-refractivity contribution is 5.68. The summed E-state index contributed by atoms with van der Waals surface area (Å²) in [4.78, 5) is 11.9. The van der Waals surface area contributed by atoms with Crippen LogP contribution in [-0.4, -0.2) is 17.7 Å². The van der Waals surface area contributed by atoms with Crippen LogP contribution in [-0.2, 0) is 4.74 Å². The highest BCUT2D eigenvalue weighted by Gasteiger charge is 2.50. The van der Waals surface area contributed by atoms with Gasteiger partial charge in [-0.3, -0.25) is 0 Å². The molecule has 0 aromatic rings. The molecule has 1 N–H and O–H groups in total. The van der Waals surface area contributed by atoms with Crippen molar-refractivity contribution < 1.29 is 9.53 Å². The highest BCUT2D eigenvalue weighted by Crippen LogP contribution is 2.54. The summed E-state index contributed by atoms with van der Waals surface area (Å²) in [6.07, 6.45) is 6.58. The monoisotopic (exact) mass is 251 g/mol. The highest BCUT2D eigenvalue weighted by atomic mass is 16.6. The SMILES string of the molecule is CC(C)(C)NC(=O)OC1C2CC3CC(C2)CC1C3. The second-order valence-corrected chi connectivity index (χ2v) is 7.68. The van der Waals surface area contributed by atoms with Gasteiger partial charge in [-0.05, 0) is 76.5 Å². The number of nitrogens with one attached hydrogen (secondary N) is 1. The molecule has 0 aliphatic heterocycles. The topological polar surface area (TPSA) is 38.3 Å². The van der Waals surface area contributed by atoms with Crippen molar-refractivity contribution in [3.05, 3.63) is 0 Å². The summed E-state index contributed by atoms with van der Waals surface area (Å²) >= 11 is 0. The predicted octanol–water partition coefficient (Wildman–Crippen LogP) is 3.34. The molecule has 18 heavy (non-hydrogen) atoms. The third-order valence-electron chi connectivity index (χ3n) is 4.86. The smallest absolute Gasteiger partial charge is 0.407 e. The lowest BCUT2D eigenvalue weighted by atomic mass is 9.55. The maximum atomic E-state index is 11.9. The van der Waals surface area contributed by atoms with E-state index in [9.17, 15) is 4.79 Å². The van der Waals surface area contributed by atoms with Gasteiger partial charge in [-0.2, -0.15) is 0 Å². The summed E-state index contributed by atoms with van der Waals surface area (Å²) in [5.74, 6) is 3.15. The summed E-state index contributed by atoms with van der Waals surface area (Å²) in [5.41, 5.74) is -0.205. The van der Waals surface area contributed by atoms with Crippen molar-refractivity contribution in [2.75, 3.05) is 0 Å². The van der Waals surface area contributed by atoms with Crippen molar-refractivity contribution in [1.29, 1.82) is 0 Å². The van der Waals surface area contributed by atoms with Crippen molar-refractivity contribution in [2.45, 2.75) is 64.5 Å². The number of hydrogen-bond donors (Lipinski definition) is 1. The molecule has 0 heterocycles. The zero-order chi connectivity index (χ0) is 12.9. The summed E-state index contributed by atoms with van der Waals surface area (Å²) in [7, 11) is 0. The van der Waals surface area contributed by atoms with E-state index in [2.05, 4.69) is 5.32 Å². The first kappa shape index (κ1) is 12.3. The van der Waals surface area contributed by atoms with Crippen molar-refractivity contribution in [3.8, 4) is 0 Å². The fraction of sp³-hybridized carbons (Fsp3) is 0.933. The van der Waals surface area contributed by atoms with E-state index in [-0.39, 0.29) is 17.7 Å². The molecular weight excluding hydrogens is 226 g/mol. The van der Waals surface area contributed by atoms with Gasteiger partial charge >= 0.3 is 6.09 Å². The van der Waals surface area contributed by atoms with E-state index in [0.29, 0.717) is 11.8 Å². The molecule has 0 atom stereocenters. The normalized spacial score (nSPS) is 41.8. The first-order chi connectivity index (χ1) is 8.40. The van der Waals surface area contributed by atoms with Crippen LogP contribution < -0.4 is 5.32 Å². The van der Waals surface area contributed by atoms with Gasteiger partial charge in [0.15, 0.2) is 0 Å². The van der Waals surface area contributed by atoms with Crippen molar-refractivity contribution in [3.63, 3.8) is 0 Å². The Morgan fingerprint density at radius 2 is 1.50 bits per heavy atom. The molecule has 3 nitrogen and oxygen atoms in total. The second kappa shape index (κ2) is 4.14. The first-order valence-electron chi connectivity index (χ1n) is 7.39. The number of ether oxygens (including phenoxy) is 1. The third-order valence-corrected chi connectivity index (χ3v) is 4.86. The first-order valence-corrected chi connectivity index (χ1v) is 7.39. The van der Waals surface area contributed by atoms with E-state index in [1.54, 1.807) is 0 Å². The summed E-state index contributed by atoms with van der Waals surface area (Å²) in [5, 5.41) is 2.92. The Labute approximate surface area is 110 Å². The van der Waals surface area contributed by atoms with Gasteiger partial charge < -0.3 is 10.1 Å². The Kier molecular flexibility index (Phi) is 2.83. The van der Waals surface area contributed by atoms with Crippen molar-refractivity contribution in [1.82, 2.24) is 5.32 Å². The maximum absolute atomic E-state index is 11.9. The van der Waals surface area contributed by atoms with Crippen LogP contribution in [0, 0.1) is 23.7 Å². The van der Waals surface area contributed by atoms with E-state index in [0.717, 1.165) is 11.8 Å². The van der Waals surface area contributed by atoms with Crippen LogP contribution in [0.1, 0.15) is 52.9 Å². The summed E-state index contributed by atoms with van der Waals surface area (Å²) < 4.78 is 5.75. The van der Waals surface area contributed by atoms with Crippen molar-refractivity contribution >= 4 is 6.09 Å². The number of alkyl carbamates (subject to hydrolysis) is 1. The quantitative estimate of drug-likeness (QED) is 0.776. The Bertz CT molecular complexity index is 317. The maximum Gasteiger partial charge on any atom is 0.407 e. The van der Waals surface area contributed by atoms with Gasteiger partial charge in [-0.25, -0.2) is 4.79 Å². The van der Waals surface area contributed by atoms with Crippen molar-refractivity contribution in [2.24, 2.45) is 23.7 Å². The standard InChI is InChI=1S/C15H25NO2/c1-15(2,3)16-14(17)18-13-11-5-9-4-10(7-11)8-12(13)6-9/h9-13H,4-8H2,1-3H3,(H,16,17). The molecule has 0 saturated heterocycles. The van der Waals surface area contributed by atoms with Crippen LogP contribution >= 0.6 is 0 Å². The van der Waals surface area contributed by atoms with Crippen LogP contribution in [0.15, 0.2) is 0 Å². The molecule has 3 heteroatoms. The van der Waals surface area contributed by atoms with E-state index in [4.69, 9.17) is 4.74 Å². The third kappa shape index (κ3) is 2.36. The molecule has 4 saturated carbocycles. The molecule has 0 spiro atoms. The summed E-state index contributed by atoms with van der Waals surface area (Å²) in [6, 6.07) is 0. The molecule has 0 aromatic heterocycles. The Morgan fingerprint density at radius 3 is 1.94 bits per heavy atom. The van der Waals surface area contributed by atoms with Gasteiger partial charge in [0.1, 0.15) is 6.10 Å². The van der Waals surface area contributed by atoms with Gasteiger partial charge in [0.25, 0.3) is 0 Å². The van der Waals surface area contributed by atoms with Gasteiger partial charge in [-0.15, -0.1) is 0 Å². The number of rotatable bonds is 1. The molecule has 1 amide bonds.